The van der Waals surface area contributed by atoms with Crippen molar-refractivity contribution < 1.29 is 14.3 Å². The lowest BCUT2D eigenvalue weighted by molar-refractivity contribution is -0.145. The van der Waals surface area contributed by atoms with Crippen LogP contribution in [-0.4, -0.2) is 18.0 Å². The Morgan fingerprint density at radius 3 is 2.27 bits per heavy atom. The van der Waals surface area contributed by atoms with E-state index >= 15 is 0 Å². The van der Waals surface area contributed by atoms with Gasteiger partial charge < -0.3 is 10.5 Å². The highest BCUT2D eigenvalue weighted by molar-refractivity contribution is 5.97. The van der Waals surface area contributed by atoms with E-state index in [2.05, 4.69) is 4.74 Å². The Bertz CT molecular complexity index is 254. The van der Waals surface area contributed by atoms with Gasteiger partial charge in [-0.1, -0.05) is 0 Å². The molecule has 4 nitrogen and oxygen atoms in total. The first-order chi connectivity index (χ1) is 5.04. The third-order valence-electron chi connectivity index (χ3n) is 1.77. The zero-order chi connectivity index (χ0) is 8.59. The van der Waals surface area contributed by atoms with Crippen molar-refractivity contribution in [3.63, 3.8) is 0 Å². The molecule has 0 aromatic heterocycles. The van der Waals surface area contributed by atoms with Crippen molar-refractivity contribution in [2.75, 3.05) is 0 Å². The predicted octanol–water partition coefficient (Wildman–Crippen LogP) is -0.267. The molecule has 0 aromatic rings. The summed E-state index contributed by atoms with van der Waals surface area (Å²) in [6, 6.07) is 0. The number of carbonyl (C=O) groups excluding carboxylic acids is 2. The maximum absolute atomic E-state index is 10.8. The van der Waals surface area contributed by atoms with Gasteiger partial charge in [0, 0.05) is 5.57 Å². The van der Waals surface area contributed by atoms with E-state index in [9.17, 15) is 9.59 Å². The van der Waals surface area contributed by atoms with Crippen LogP contribution in [0.3, 0.4) is 0 Å². The molecule has 1 aliphatic heterocycles. The van der Waals surface area contributed by atoms with Gasteiger partial charge in [-0.15, -0.1) is 0 Å². The summed E-state index contributed by atoms with van der Waals surface area (Å²) in [5, 5.41) is 0. The first-order valence-electron chi connectivity index (χ1n) is 3.21. The van der Waals surface area contributed by atoms with Gasteiger partial charge in [-0.2, -0.15) is 0 Å². The smallest absolute Gasteiger partial charge is 0.334 e. The van der Waals surface area contributed by atoms with Crippen LogP contribution in [0.1, 0.15) is 13.8 Å². The first-order valence-corrected chi connectivity index (χ1v) is 3.21. The molecule has 0 aromatic carbocycles. The van der Waals surface area contributed by atoms with Crippen molar-refractivity contribution in [2.24, 2.45) is 5.73 Å². The number of carbonyl (C=O) groups is 2. The second-order valence-corrected chi connectivity index (χ2v) is 2.50. The Morgan fingerprint density at radius 1 is 1.55 bits per heavy atom. The molecule has 0 saturated heterocycles. The van der Waals surface area contributed by atoms with Crippen LogP contribution in [-0.2, 0) is 14.3 Å². The summed E-state index contributed by atoms with van der Waals surface area (Å²) in [5.74, 6) is -1.07. The molecule has 0 bridgehead atoms. The van der Waals surface area contributed by atoms with Crippen LogP contribution in [0, 0.1) is 0 Å². The molecule has 1 rings (SSSR count). The van der Waals surface area contributed by atoms with Crippen molar-refractivity contribution in [3.8, 4) is 0 Å². The molecular weight excluding hydrogens is 146 g/mol. The summed E-state index contributed by atoms with van der Waals surface area (Å²) in [6.07, 6.45) is -0.845. The molecule has 2 N–H and O–H groups in total. The summed E-state index contributed by atoms with van der Waals surface area (Å²) in [7, 11) is 0. The van der Waals surface area contributed by atoms with Crippen LogP contribution in [0.25, 0.3) is 0 Å². The van der Waals surface area contributed by atoms with Crippen LogP contribution >= 0.6 is 0 Å². The fourth-order valence-corrected chi connectivity index (χ4v) is 0.913. The normalized spacial score (nSPS) is 23.8. The van der Waals surface area contributed by atoms with Crippen LogP contribution in [0.5, 0.6) is 0 Å². The van der Waals surface area contributed by atoms with Crippen molar-refractivity contribution in [1.29, 1.82) is 0 Å². The van der Waals surface area contributed by atoms with Gasteiger partial charge in [-0.25, -0.2) is 4.79 Å². The monoisotopic (exact) mass is 155 g/mol. The number of rotatable bonds is 1. The Hall–Kier alpha value is -1.32. The number of hydrogen-bond donors (Lipinski definition) is 1. The Balaban J connectivity index is 2.95. The van der Waals surface area contributed by atoms with Crippen LogP contribution in [0.2, 0.25) is 0 Å². The average Bonchev–Trinajstić information content (AvgIpc) is 2.17. The van der Waals surface area contributed by atoms with E-state index < -0.39 is 18.0 Å². The van der Waals surface area contributed by atoms with Crippen LogP contribution < -0.4 is 5.73 Å². The van der Waals surface area contributed by atoms with E-state index in [-0.39, 0.29) is 0 Å². The molecule has 0 radical (unpaired) electrons. The molecule has 0 saturated carbocycles. The highest BCUT2D eigenvalue weighted by Gasteiger charge is 2.32. The number of cyclic esters (lactones) is 1. The van der Waals surface area contributed by atoms with E-state index in [0.29, 0.717) is 11.1 Å². The van der Waals surface area contributed by atoms with Gasteiger partial charge in [0.1, 0.15) is 0 Å². The fraction of sp³-hybridized carbons (Fsp3) is 0.429. The second kappa shape index (κ2) is 2.38. The zero-order valence-electron chi connectivity index (χ0n) is 6.38. The summed E-state index contributed by atoms with van der Waals surface area (Å²) in [5.41, 5.74) is 6.06. The fourth-order valence-electron chi connectivity index (χ4n) is 0.913. The molecule has 1 amide bonds. The third-order valence-corrected chi connectivity index (χ3v) is 1.77. The van der Waals surface area contributed by atoms with E-state index in [1.54, 1.807) is 13.8 Å². The number of ether oxygens (including phenoxy) is 1. The van der Waals surface area contributed by atoms with Gasteiger partial charge in [0.05, 0.1) is 0 Å². The molecular formula is C7H9NO3. The lowest BCUT2D eigenvalue weighted by Crippen LogP contribution is -2.29. The molecule has 0 spiro atoms. The van der Waals surface area contributed by atoms with Crippen molar-refractivity contribution in [2.45, 2.75) is 20.0 Å². The van der Waals surface area contributed by atoms with Gasteiger partial charge in [-0.3, -0.25) is 4.79 Å². The molecule has 0 aliphatic carbocycles. The molecule has 0 fully saturated rings. The van der Waals surface area contributed by atoms with Gasteiger partial charge in [0.2, 0.25) is 6.10 Å². The molecule has 4 heteroatoms. The summed E-state index contributed by atoms with van der Waals surface area (Å²) >= 11 is 0. The molecule has 11 heavy (non-hydrogen) atoms. The summed E-state index contributed by atoms with van der Waals surface area (Å²) < 4.78 is 4.66. The molecule has 1 heterocycles. The van der Waals surface area contributed by atoms with E-state index in [1.807, 2.05) is 0 Å². The topological polar surface area (TPSA) is 69.4 Å². The largest absolute Gasteiger partial charge is 0.444 e. The molecule has 1 unspecified atom stereocenters. The minimum Gasteiger partial charge on any atom is -0.444 e. The van der Waals surface area contributed by atoms with Crippen molar-refractivity contribution in [3.05, 3.63) is 11.1 Å². The van der Waals surface area contributed by atoms with Gasteiger partial charge in [-0.05, 0) is 19.4 Å². The SMILES string of the molecule is CC1=C(C)C(C(N)=O)OC1=O. The van der Waals surface area contributed by atoms with Gasteiger partial charge in [0.25, 0.3) is 5.91 Å². The predicted molar refractivity (Wildman–Crippen MR) is 37.4 cm³/mol. The standard InChI is InChI=1S/C7H9NO3/c1-3-4(2)7(10)11-5(3)6(8)9/h5H,1-2H3,(H2,8,9). The Morgan fingerprint density at radius 2 is 2.09 bits per heavy atom. The van der Waals surface area contributed by atoms with Crippen LogP contribution in [0.15, 0.2) is 11.1 Å². The third kappa shape index (κ3) is 1.11. The Kier molecular flexibility index (Phi) is 1.68. The lowest BCUT2D eigenvalue weighted by atomic mass is 10.1. The second-order valence-electron chi connectivity index (χ2n) is 2.50. The van der Waals surface area contributed by atoms with Crippen LogP contribution in [0.4, 0.5) is 0 Å². The van der Waals surface area contributed by atoms with E-state index in [4.69, 9.17) is 5.73 Å². The number of amides is 1. The minimum atomic E-state index is -0.845. The highest BCUT2D eigenvalue weighted by atomic mass is 16.6. The maximum Gasteiger partial charge on any atom is 0.334 e. The summed E-state index contributed by atoms with van der Waals surface area (Å²) in [4.78, 5) is 21.4. The molecule has 1 atom stereocenters. The molecule has 60 valence electrons. The van der Waals surface area contributed by atoms with Gasteiger partial charge in [0.15, 0.2) is 0 Å². The van der Waals surface area contributed by atoms with Crippen molar-refractivity contribution >= 4 is 11.9 Å². The lowest BCUT2D eigenvalue weighted by Gasteiger charge is -2.04. The summed E-state index contributed by atoms with van der Waals surface area (Å²) in [6.45, 7) is 3.27. The molecule has 1 aliphatic rings. The first kappa shape index (κ1) is 7.78. The zero-order valence-corrected chi connectivity index (χ0v) is 6.38. The van der Waals surface area contributed by atoms with E-state index in [1.165, 1.54) is 0 Å². The number of primary amides is 1. The number of esters is 1. The van der Waals surface area contributed by atoms with Gasteiger partial charge >= 0.3 is 5.97 Å². The van der Waals surface area contributed by atoms with E-state index in [0.717, 1.165) is 0 Å². The van der Waals surface area contributed by atoms with Crippen molar-refractivity contribution in [1.82, 2.24) is 0 Å². The highest BCUT2D eigenvalue weighted by Crippen LogP contribution is 2.20. The number of hydrogen-bond acceptors (Lipinski definition) is 3. The minimum absolute atomic E-state index is 0.452. The number of nitrogens with two attached hydrogens (primary N) is 1. The average molecular weight is 155 g/mol. The Labute approximate surface area is 64.0 Å². The quantitative estimate of drug-likeness (QED) is 0.530. The maximum atomic E-state index is 10.8.